The molecule has 1 aliphatic rings. The maximum absolute atomic E-state index is 5.51. The number of allylic oxidation sites excluding steroid dienone is 1. The number of ether oxygens (including phenoxy) is 1. The monoisotopic (exact) mass is 379 g/mol. The Kier molecular flexibility index (Phi) is 7.77. The minimum Gasteiger partial charge on any atom is -0.494 e. The fourth-order valence-electron chi connectivity index (χ4n) is 3.60. The van der Waals surface area contributed by atoms with Crippen LogP contribution >= 0.6 is 0 Å². The first-order valence-electron chi connectivity index (χ1n) is 10.7. The molecule has 4 nitrogen and oxygen atoms in total. The predicted molar refractivity (Wildman–Crippen MR) is 118 cm³/mol. The molecule has 0 bridgehead atoms. The average Bonchev–Trinajstić information content (AvgIpc) is 3.45. The minimum absolute atomic E-state index is 0.795. The Labute approximate surface area is 168 Å². The fourth-order valence-corrected chi connectivity index (χ4v) is 3.60. The lowest BCUT2D eigenvalue weighted by Crippen LogP contribution is -1.93. The quantitative estimate of drug-likeness (QED) is 0.412. The van der Waals surface area contributed by atoms with Gasteiger partial charge < -0.3 is 14.7 Å². The second-order valence-corrected chi connectivity index (χ2v) is 7.49. The van der Waals surface area contributed by atoms with Crippen LogP contribution in [0.15, 0.2) is 53.0 Å². The van der Waals surface area contributed by atoms with E-state index in [4.69, 9.17) is 9.73 Å². The normalized spacial score (nSPS) is 15.1. The number of aryl methyl sites for hydroxylation is 1. The number of aromatic nitrogens is 2. The molecule has 0 amide bonds. The van der Waals surface area contributed by atoms with E-state index in [1.54, 1.807) is 7.11 Å². The molecule has 4 heteroatoms. The van der Waals surface area contributed by atoms with Crippen LogP contribution in [0.1, 0.15) is 75.4 Å². The van der Waals surface area contributed by atoms with Crippen LogP contribution in [0.25, 0.3) is 6.08 Å². The van der Waals surface area contributed by atoms with Crippen LogP contribution in [0.2, 0.25) is 0 Å². The molecule has 2 N–H and O–H groups in total. The largest absolute Gasteiger partial charge is 0.494 e. The molecule has 3 rings (SSSR count). The lowest BCUT2D eigenvalue weighted by Gasteiger charge is -2.02. The lowest BCUT2D eigenvalue weighted by molar-refractivity contribution is 0.303. The summed E-state index contributed by atoms with van der Waals surface area (Å²) >= 11 is 0. The Bertz CT molecular complexity index is 809. The van der Waals surface area contributed by atoms with Crippen LogP contribution in [0.5, 0.6) is 0 Å². The van der Waals surface area contributed by atoms with Gasteiger partial charge in [0.25, 0.3) is 0 Å². The summed E-state index contributed by atoms with van der Waals surface area (Å²) < 4.78 is 5.51. The highest BCUT2D eigenvalue weighted by atomic mass is 16.5. The van der Waals surface area contributed by atoms with Crippen molar-refractivity contribution in [3.63, 3.8) is 0 Å². The topological polar surface area (TPSA) is 53.2 Å². The van der Waals surface area contributed by atoms with Gasteiger partial charge in [0.05, 0.1) is 18.5 Å². The molecule has 0 aliphatic carbocycles. The summed E-state index contributed by atoms with van der Waals surface area (Å²) in [4.78, 5) is 11.4. The number of rotatable bonds is 12. The van der Waals surface area contributed by atoms with E-state index in [0.29, 0.717) is 0 Å². The number of hydrogen-bond donors (Lipinski definition) is 2. The molecule has 3 heterocycles. The number of methoxy groups -OCH3 is 1. The molecule has 0 aromatic carbocycles. The SMILES string of the molecule is CCCCCCCCCCc1ccc(/C=C2\N=C(c3ccc[nH]3)C=C2OC)[nH]1. The molecule has 0 saturated heterocycles. The van der Waals surface area contributed by atoms with Crippen molar-refractivity contribution in [1.29, 1.82) is 0 Å². The summed E-state index contributed by atoms with van der Waals surface area (Å²) in [7, 11) is 1.69. The van der Waals surface area contributed by atoms with Crippen molar-refractivity contribution < 1.29 is 4.74 Å². The van der Waals surface area contributed by atoms with Crippen LogP contribution < -0.4 is 0 Å². The van der Waals surface area contributed by atoms with Crippen molar-refractivity contribution in [3.05, 3.63) is 65.1 Å². The summed E-state index contributed by atoms with van der Waals surface area (Å²) in [6.45, 7) is 2.27. The number of hydrogen-bond acceptors (Lipinski definition) is 2. The van der Waals surface area contributed by atoms with E-state index >= 15 is 0 Å². The van der Waals surface area contributed by atoms with Gasteiger partial charge in [0.15, 0.2) is 0 Å². The van der Waals surface area contributed by atoms with Crippen LogP contribution in [-0.4, -0.2) is 22.8 Å². The molecular weight excluding hydrogens is 346 g/mol. The molecule has 0 radical (unpaired) electrons. The highest BCUT2D eigenvalue weighted by molar-refractivity contribution is 6.11. The predicted octanol–water partition coefficient (Wildman–Crippen LogP) is 6.40. The number of aliphatic imine (C=N–C) groups is 1. The summed E-state index contributed by atoms with van der Waals surface area (Å²) in [5.41, 5.74) is 5.13. The maximum atomic E-state index is 5.51. The molecule has 2 aromatic rings. The van der Waals surface area contributed by atoms with Gasteiger partial charge in [-0.3, -0.25) is 0 Å². The van der Waals surface area contributed by atoms with Gasteiger partial charge in [-0.1, -0.05) is 51.9 Å². The van der Waals surface area contributed by atoms with E-state index in [-0.39, 0.29) is 0 Å². The number of unbranched alkanes of at least 4 members (excludes halogenated alkanes) is 7. The number of nitrogens with one attached hydrogen (secondary N) is 2. The summed E-state index contributed by atoms with van der Waals surface area (Å²) in [5, 5.41) is 0. The third-order valence-corrected chi connectivity index (χ3v) is 5.22. The Morgan fingerprint density at radius 2 is 1.79 bits per heavy atom. The Morgan fingerprint density at radius 3 is 2.50 bits per heavy atom. The van der Waals surface area contributed by atoms with Crippen molar-refractivity contribution in [2.24, 2.45) is 4.99 Å². The Hall–Kier alpha value is -2.49. The molecule has 2 aromatic heterocycles. The molecule has 0 atom stereocenters. The van der Waals surface area contributed by atoms with Crippen LogP contribution in [0.3, 0.4) is 0 Å². The summed E-state index contributed by atoms with van der Waals surface area (Å²) in [5.74, 6) is 0.795. The van der Waals surface area contributed by atoms with E-state index in [2.05, 4.69) is 35.1 Å². The highest BCUT2D eigenvalue weighted by Crippen LogP contribution is 2.24. The number of nitrogens with zero attached hydrogens (tertiary/aromatic N) is 1. The van der Waals surface area contributed by atoms with Crippen LogP contribution in [0, 0.1) is 0 Å². The molecule has 0 spiro atoms. The smallest absolute Gasteiger partial charge is 0.146 e. The molecule has 150 valence electrons. The zero-order chi connectivity index (χ0) is 19.6. The molecular formula is C24H33N3O. The zero-order valence-corrected chi connectivity index (χ0v) is 17.3. The molecule has 1 aliphatic heterocycles. The van der Waals surface area contributed by atoms with Gasteiger partial charge in [0.1, 0.15) is 11.5 Å². The van der Waals surface area contributed by atoms with Gasteiger partial charge in [-0.2, -0.15) is 0 Å². The Morgan fingerprint density at radius 1 is 1.00 bits per heavy atom. The van der Waals surface area contributed by atoms with Crippen molar-refractivity contribution in [2.75, 3.05) is 7.11 Å². The average molecular weight is 380 g/mol. The molecule has 0 fully saturated rings. The zero-order valence-electron chi connectivity index (χ0n) is 17.3. The van der Waals surface area contributed by atoms with Gasteiger partial charge in [-0.15, -0.1) is 0 Å². The minimum atomic E-state index is 0.795. The van der Waals surface area contributed by atoms with E-state index in [1.165, 1.54) is 57.1 Å². The third kappa shape index (κ3) is 5.75. The first kappa shape index (κ1) is 20.2. The van der Waals surface area contributed by atoms with Crippen molar-refractivity contribution in [2.45, 2.75) is 64.7 Å². The third-order valence-electron chi connectivity index (χ3n) is 5.22. The van der Waals surface area contributed by atoms with Gasteiger partial charge in [-0.25, -0.2) is 4.99 Å². The van der Waals surface area contributed by atoms with Gasteiger partial charge >= 0.3 is 0 Å². The van der Waals surface area contributed by atoms with Gasteiger partial charge in [0.2, 0.25) is 0 Å². The maximum Gasteiger partial charge on any atom is 0.146 e. The van der Waals surface area contributed by atoms with E-state index in [1.807, 2.05) is 24.4 Å². The van der Waals surface area contributed by atoms with E-state index in [9.17, 15) is 0 Å². The van der Waals surface area contributed by atoms with Crippen LogP contribution in [-0.2, 0) is 11.2 Å². The fraction of sp³-hybridized carbons (Fsp3) is 0.458. The first-order chi connectivity index (χ1) is 13.8. The standard InChI is InChI=1S/C24H33N3O/c1-3-4-5-6-7-8-9-10-12-19-14-15-20(26-19)17-23-24(28-2)18-22(27-23)21-13-11-16-25-21/h11,13-18,25-26H,3-10,12H2,1-2H3/b23-17-. The van der Waals surface area contributed by atoms with Gasteiger partial charge in [-0.05, 0) is 43.2 Å². The molecule has 28 heavy (non-hydrogen) atoms. The summed E-state index contributed by atoms with van der Waals surface area (Å²) in [6.07, 6.45) is 17.9. The highest BCUT2D eigenvalue weighted by Gasteiger charge is 2.17. The number of aromatic amines is 2. The first-order valence-corrected chi connectivity index (χ1v) is 10.7. The Balaban J connectivity index is 1.49. The second-order valence-electron chi connectivity index (χ2n) is 7.49. The van der Waals surface area contributed by atoms with Crippen LogP contribution in [0.4, 0.5) is 0 Å². The summed E-state index contributed by atoms with van der Waals surface area (Å²) in [6, 6.07) is 8.31. The van der Waals surface area contributed by atoms with E-state index in [0.717, 1.165) is 35.0 Å². The van der Waals surface area contributed by atoms with Crippen molar-refractivity contribution in [1.82, 2.24) is 9.97 Å². The van der Waals surface area contributed by atoms with Gasteiger partial charge in [0, 0.05) is 23.7 Å². The van der Waals surface area contributed by atoms with Crippen molar-refractivity contribution in [3.8, 4) is 0 Å². The van der Waals surface area contributed by atoms with Crippen molar-refractivity contribution >= 4 is 11.8 Å². The second kappa shape index (κ2) is 10.7. The van der Waals surface area contributed by atoms with E-state index < -0.39 is 0 Å². The lowest BCUT2D eigenvalue weighted by atomic mass is 10.1. The molecule has 0 saturated carbocycles. The molecule has 0 unspecified atom stereocenters. The number of H-pyrrole nitrogens is 2.